The molecule has 2 aromatic carbocycles. The highest BCUT2D eigenvalue weighted by Gasteiger charge is 2.25. The van der Waals surface area contributed by atoms with Crippen molar-refractivity contribution in [3.05, 3.63) is 64.7 Å². The Morgan fingerprint density at radius 1 is 1.20 bits per heavy atom. The smallest absolute Gasteiger partial charge is 0.225 e. The van der Waals surface area contributed by atoms with Crippen molar-refractivity contribution >= 4 is 23.2 Å². The number of benzene rings is 2. The predicted octanol–water partition coefficient (Wildman–Crippen LogP) is 3.75. The molecule has 1 saturated heterocycles. The Bertz CT molecular complexity index is 725. The second-order valence-electron chi connectivity index (χ2n) is 6.60. The normalized spacial score (nSPS) is 16.6. The minimum absolute atomic E-state index is 0.00604. The van der Waals surface area contributed by atoms with Gasteiger partial charge in [0.05, 0.1) is 12.5 Å². The molecule has 1 heterocycles. The van der Waals surface area contributed by atoms with Crippen LogP contribution in [0.25, 0.3) is 0 Å². The van der Waals surface area contributed by atoms with Crippen LogP contribution in [0.1, 0.15) is 42.4 Å². The van der Waals surface area contributed by atoms with Gasteiger partial charge in [-0.15, -0.1) is 0 Å². The molecule has 1 atom stereocenters. The quantitative estimate of drug-likeness (QED) is 0.818. The van der Waals surface area contributed by atoms with Gasteiger partial charge in [-0.3, -0.25) is 4.79 Å². The Kier molecular flexibility index (Phi) is 5.61. The molecular weight excluding hydrogens is 336 g/mol. The van der Waals surface area contributed by atoms with Crippen molar-refractivity contribution < 1.29 is 9.90 Å². The molecule has 0 radical (unpaired) electrons. The SMILES string of the molecule is Nc1cccc(C2CCN(C(=O)CC(O)c3ccc(Cl)cc3)CC2)c1. The molecule has 4 nitrogen and oxygen atoms in total. The third kappa shape index (κ3) is 4.53. The molecule has 0 saturated carbocycles. The van der Waals surface area contributed by atoms with Crippen molar-refractivity contribution in [2.75, 3.05) is 18.8 Å². The van der Waals surface area contributed by atoms with Crippen molar-refractivity contribution in [1.29, 1.82) is 0 Å². The van der Waals surface area contributed by atoms with Crippen LogP contribution in [0.5, 0.6) is 0 Å². The number of carbonyl (C=O) groups excluding carboxylic acids is 1. The summed E-state index contributed by atoms with van der Waals surface area (Å²) >= 11 is 5.85. The summed E-state index contributed by atoms with van der Waals surface area (Å²) in [6, 6.07) is 14.9. The Labute approximate surface area is 153 Å². The third-order valence-corrected chi connectivity index (χ3v) is 5.10. The number of nitrogens with two attached hydrogens (primary N) is 1. The molecule has 1 unspecified atom stereocenters. The van der Waals surface area contributed by atoms with Crippen molar-refractivity contribution in [2.24, 2.45) is 0 Å². The van der Waals surface area contributed by atoms with Crippen molar-refractivity contribution in [3.63, 3.8) is 0 Å². The zero-order valence-electron chi connectivity index (χ0n) is 14.1. The first-order chi connectivity index (χ1) is 12.0. The van der Waals surface area contributed by atoms with Crippen LogP contribution in [-0.2, 0) is 4.79 Å². The highest BCUT2D eigenvalue weighted by molar-refractivity contribution is 6.30. The van der Waals surface area contributed by atoms with Crippen LogP contribution in [0.4, 0.5) is 5.69 Å². The number of rotatable bonds is 4. The van der Waals surface area contributed by atoms with Gasteiger partial charge in [0.15, 0.2) is 0 Å². The molecule has 0 bridgehead atoms. The summed E-state index contributed by atoms with van der Waals surface area (Å²) in [4.78, 5) is 14.3. The van der Waals surface area contributed by atoms with Crippen LogP contribution in [-0.4, -0.2) is 29.0 Å². The minimum atomic E-state index is -0.795. The van der Waals surface area contributed by atoms with E-state index in [-0.39, 0.29) is 12.3 Å². The second-order valence-corrected chi connectivity index (χ2v) is 7.03. The lowest BCUT2D eigenvalue weighted by Gasteiger charge is -2.33. The molecule has 25 heavy (non-hydrogen) atoms. The van der Waals surface area contributed by atoms with E-state index >= 15 is 0 Å². The maximum atomic E-state index is 12.5. The van der Waals surface area contributed by atoms with E-state index in [4.69, 9.17) is 17.3 Å². The topological polar surface area (TPSA) is 66.6 Å². The molecule has 2 aromatic rings. The molecule has 3 rings (SSSR count). The summed E-state index contributed by atoms with van der Waals surface area (Å²) in [5.41, 5.74) is 8.60. The molecule has 0 aliphatic carbocycles. The van der Waals surface area contributed by atoms with Crippen LogP contribution in [0.2, 0.25) is 5.02 Å². The van der Waals surface area contributed by atoms with Crippen LogP contribution in [0.3, 0.4) is 0 Å². The van der Waals surface area contributed by atoms with Crippen molar-refractivity contribution in [3.8, 4) is 0 Å². The Balaban J connectivity index is 1.53. The number of likely N-dealkylation sites (tertiary alicyclic amines) is 1. The monoisotopic (exact) mass is 358 g/mol. The maximum Gasteiger partial charge on any atom is 0.225 e. The van der Waals surface area contributed by atoms with Gasteiger partial charge in [-0.1, -0.05) is 35.9 Å². The summed E-state index contributed by atoms with van der Waals surface area (Å²) in [6.07, 6.45) is 1.15. The van der Waals surface area contributed by atoms with Gasteiger partial charge in [-0.05, 0) is 54.2 Å². The fourth-order valence-electron chi connectivity index (χ4n) is 3.37. The van der Waals surface area contributed by atoms with Gasteiger partial charge in [-0.25, -0.2) is 0 Å². The summed E-state index contributed by atoms with van der Waals surface area (Å²) in [6.45, 7) is 1.43. The lowest BCUT2D eigenvalue weighted by atomic mass is 9.89. The van der Waals surface area contributed by atoms with Crippen LogP contribution in [0, 0.1) is 0 Å². The van der Waals surface area contributed by atoms with Crippen molar-refractivity contribution in [1.82, 2.24) is 4.90 Å². The van der Waals surface area contributed by atoms with E-state index in [9.17, 15) is 9.90 Å². The maximum absolute atomic E-state index is 12.5. The number of anilines is 1. The van der Waals surface area contributed by atoms with Crippen LogP contribution >= 0.6 is 11.6 Å². The average Bonchev–Trinajstić information content (AvgIpc) is 2.62. The number of aliphatic hydroxyl groups excluding tert-OH is 1. The van der Waals surface area contributed by atoms with Crippen LogP contribution in [0.15, 0.2) is 48.5 Å². The fraction of sp³-hybridized carbons (Fsp3) is 0.350. The Morgan fingerprint density at radius 3 is 2.52 bits per heavy atom. The number of halogens is 1. The average molecular weight is 359 g/mol. The van der Waals surface area contributed by atoms with E-state index in [1.54, 1.807) is 24.3 Å². The molecule has 1 amide bonds. The number of nitrogen functional groups attached to an aromatic ring is 1. The number of carbonyl (C=O) groups is 1. The fourth-order valence-corrected chi connectivity index (χ4v) is 3.50. The first-order valence-corrected chi connectivity index (χ1v) is 8.97. The molecule has 0 spiro atoms. The van der Waals surface area contributed by atoms with Gasteiger partial charge in [0, 0.05) is 23.8 Å². The van der Waals surface area contributed by atoms with Crippen LogP contribution < -0.4 is 5.73 Å². The molecule has 1 aliphatic rings. The van der Waals surface area contributed by atoms with E-state index in [0.29, 0.717) is 29.6 Å². The van der Waals surface area contributed by atoms with Crippen molar-refractivity contribution in [2.45, 2.75) is 31.3 Å². The molecule has 3 N–H and O–H groups in total. The van der Waals surface area contributed by atoms with Gasteiger partial charge in [0.25, 0.3) is 0 Å². The van der Waals surface area contributed by atoms with Gasteiger partial charge in [0.1, 0.15) is 0 Å². The predicted molar refractivity (Wildman–Crippen MR) is 100 cm³/mol. The largest absolute Gasteiger partial charge is 0.399 e. The number of nitrogens with zero attached hydrogens (tertiary/aromatic N) is 1. The molecule has 132 valence electrons. The number of aliphatic hydroxyl groups is 1. The Morgan fingerprint density at radius 2 is 1.88 bits per heavy atom. The van der Waals surface area contributed by atoms with Gasteiger partial charge in [-0.2, -0.15) is 0 Å². The summed E-state index contributed by atoms with van der Waals surface area (Å²) < 4.78 is 0. The van der Waals surface area contributed by atoms with E-state index < -0.39 is 6.10 Å². The number of piperidine rings is 1. The second kappa shape index (κ2) is 7.89. The molecule has 1 fully saturated rings. The van der Waals surface area contributed by atoms with Gasteiger partial charge in [0.2, 0.25) is 5.91 Å². The van der Waals surface area contributed by atoms with E-state index in [0.717, 1.165) is 18.5 Å². The molecular formula is C20H23ClN2O2. The highest BCUT2D eigenvalue weighted by atomic mass is 35.5. The lowest BCUT2D eigenvalue weighted by Crippen LogP contribution is -2.38. The van der Waals surface area contributed by atoms with E-state index in [1.165, 1.54) is 5.56 Å². The first kappa shape index (κ1) is 17.8. The van der Waals surface area contributed by atoms with E-state index in [1.807, 2.05) is 23.1 Å². The lowest BCUT2D eigenvalue weighted by molar-refractivity contribution is -0.134. The summed E-state index contributed by atoms with van der Waals surface area (Å²) in [5.74, 6) is 0.433. The number of amides is 1. The summed E-state index contributed by atoms with van der Waals surface area (Å²) in [5, 5.41) is 10.9. The van der Waals surface area contributed by atoms with Gasteiger partial charge < -0.3 is 15.7 Å². The molecule has 5 heteroatoms. The minimum Gasteiger partial charge on any atom is -0.399 e. The zero-order valence-corrected chi connectivity index (χ0v) is 14.8. The summed E-state index contributed by atoms with van der Waals surface area (Å²) in [7, 11) is 0. The standard InChI is InChI=1S/C20H23ClN2O2/c21-17-6-4-15(5-7-17)19(24)13-20(25)23-10-8-14(9-11-23)16-2-1-3-18(22)12-16/h1-7,12,14,19,24H,8-11,13,22H2. The third-order valence-electron chi connectivity index (χ3n) is 4.85. The zero-order chi connectivity index (χ0) is 17.8. The molecule has 0 aromatic heterocycles. The number of hydrogen-bond donors (Lipinski definition) is 2. The highest BCUT2D eigenvalue weighted by Crippen LogP contribution is 2.30. The molecule has 1 aliphatic heterocycles. The number of hydrogen-bond acceptors (Lipinski definition) is 3. The van der Waals surface area contributed by atoms with Gasteiger partial charge >= 0.3 is 0 Å². The first-order valence-electron chi connectivity index (χ1n) is 8.59. The van der Waals surface area contributed by atoms with E-state index in [2.05, 4.69) is 6.07 Å². The Hall–Kier alpha value is -2.04.